The fraction of sp³-hybridized carbons (Fsp3) is 0.933. The predicted octanol–water partition coefficient (Wildman–Crippen LogP) is 3.56. The molecule has 2 fully saturated rings. The molecular weight excluding hydrogens is 240 g/mol. The largest absolute Gasteiger partial charge is 0.360 e. The van der Waals surface area contributed by atoms with Crippen LogP contribution >= 0.6 is 12.2 Å². The molecule has 1 unspecified atom stereocenters. The highest BCUT2D eigenvalue weighted by Gasteiger charge is 2.33. The van der Waals surface area contributed by atoms with Crippen LogP contribution < -0.4 is 5.32 Å². The van der Waals surface area contributed by atoms with E-state index in [1.807, 2.05) is 0 Å². The second kappa shape index (κ2) is 5.77. The van der Waals surface area contributed by atoms with E-state index >= 15 is 0 Å². The maximum atomic E-state index is 5.59. The fourth-order valence-corrected chi connectivity index (χ4v) is 3.50. The smallest absolute Gasteiger partial charge is 0.169 e. The Balaban J connectivity index is 1.80. The number of nitrogens with one attached hydrogen (secondary N) is 1. The number of hydrogen-bond donors (Lipinski definition) is 1. The van der Waals surface area contributed by atoms with Crippen molar-refractivity contribution in [2.45, 2.75) is 65.3 Å². The maximum absolute atomic E-state index is 5.59. The van der Waals surface area contributed by atoms with Crippen LogP contribution in [0, 0.1) is 11.3 Å². The number of nitrogens with zero attached hydrogens (tertiary/aromatic N) is 1. The molecule has 1 saturated carbocycles. The Kier molecular flexibility index (Phi) is 4.52. The number of rotatable bonds is 1. The Labute approximate surface area is 118 Å². The van der Waals surface area contributed by atoms with Crippen molar-refractivity contribution in [1.82, 2.24) is 10.2 Å². The Morgan fingerprint density at radius 1 is 1.11 bits per heavy atom. The van der Waals surface area contributed by atoms with E-state index in [-0.39, 0.29) is 0 Å². The molecule has 2 aliphatic rings. The molecule has 0 aromatic carbocycles. The van der Waals surface area contributed by atoms with Gasteiger partial charge in [0.25, 0.3) is 0 Å². The third kappa shape index (κ3) is 3.59. The Morgan fingerprint density at radius 3 is 2.33 bits per heavy atom. The van der Waals surface area contributed by atoms with E-state index in [9.17, 15) is 0 Å². The minimum atomic E-state index is 0.412. The van der Waals surface area contributed by atoms with E-state index in [0.29, 0.717) is 11.5 Å². The van der Waals surface area contributed by atoms with E-state index in [2.05, 4.69) is 31.0 Å². The first-order valence-corrected chi connectivity index (χ1v) is 7.93. The minimum Gasteiger partial charge on any atom is -0.360 e. The molecule has 2 rings (SSSR count). The van der Waals surface area contributed by atoms with E-state index in [1.165, 1.54) is 38.5 Å². The van der Waals surface area contributed by atoms with Crippen molar-refractivity contribution in [1.29, 1.82) is 0 Å². The van der Waals surface area contributed by atoms with Gasteiger partial charge >= 0.3 is 0 Å². The normalized spacial score (nSPS) is 26.4. The zero-order valence-corrected chi connectivity index (χ0v) is 13.0. The standard InChI is InChI=1S/C15H28N2S/c1-15(2,3)12-9-10-17(11-12)14(18)16-13-7-5-4-6-8-13/h12-13H,4-11H2,1-3H3,(H,16,18). The predicted molar refractivity (Wildman–Crippen MR) is 81.7 cm³/mol. The van der Waals surface area contributed by atoms with E-state index in [0.717, 1.165) is 24.1 Å². The van der Waals surface area contributed by atoms with Gasteiger partial charge in [-0.1, -0.05) is 40.0 Å². The lowest BCUT2D eigenvalue weighted by Gasteiger charge is -2.30. The molecule has 2 nitrogen and oxygen atoms in total. The first-order valence-electron chi connectivity index (χ1n) is 7.52. The van der Waals surface area contributed by atoms with Gasteiger partial charge < -0.3 is 10.2 Å². The molecule has 0 spiro atoms. The summed E-state index contributed by atoms with van der Waals surface area (Å²) < 4.78 is 0. The Morgan fingerprint density at radius 2 is 1.78 bits per heavy atom. The van der Waals surface area contributed by atoms with Crippen molar-refractivity contribution in [3.05, 3.63) is 0 Å². The van der Waals surface area contributed by atoms with Crippen LogP contribution in [-0.2, 0) is 0 Å². The molecule has 0 amide bonds. The van der Waals surface area contributed by atoms with Gasteiger partial charge in [-0.3, -0.25) is 0 Å². The molecule has 0 radical (unpaired) electrons. The Bertz CT molecular complexity index is 289. The summed E-state index contributed by atoms with van der Waals surface area (Å²) in [6.07, 6.45) is 8.03. The quantitative estimate of drug-likeness (QED) is 0.732. The van der Waals surface area contributed by atoms with Crippen LogP contribution in [0.4, 0.5) is 0 Å². The molecule has 1 heterocycles. The highest BCUT2D eigenvalue weighted by molar-refractivity contribution is 7.80. The van der Waals surface area contributed by atoms with Gasteiger partial charge in [-0.25, -0.2) is 0 Å². The van der Waals surface area contributed by atoms with Crippen LogP contribution in [0.5, 0.6) is 0 Å². The van der Waals surface area contributed by atoms with Crippen molar-refractivity contribution in [2.75, 3.05) is 13.1 Å². The van der Waals surface area contributed by atoms with Crippen molar-refractivity contribution in [3.63, 3.8) is 0 Å². The average molecular weight is 268 g/mol. The average Bonchev–Trinajstić information content (AvgIpc) is 2.79. The van der Waals surface area contributed by atoms with Gasteiger partial charge in [0.1, 0.15) is 0 Å². The first kappa shape index (κ1) is 14.1. The maximum Gasteiger partial charge on any atom is 0.169 e. The summed E-state index contributed by atoms with van der Waals surface area (Å²) in [6, 6.07) is 0.639. The number of likely N-dealkylation sites (tertiary alicyclic amines) is 1. The van der Waals surface area contributed by atoms with Crippen molar-refractivity contribution in [2.24, 2.45) is 11.3 Å². The molecular formula is C15H28N2S. The number of thiocarbonyl (C=S) groups is 1. The van der Waals surface area contributed by atoms with Crippen LogP contribution in [0.25, 0.3) is 0 Å². The third-order valence-electron chi connectivity index (χ3n) is 4.63. The molecule has 1 N–H and O–H groups in total. The van der Waals surface area contributed by atoms with E-state index < -0.39 is 0 Å². The summed E-state index contributed by atoms with van der Waals surface area (Å²) in [7, 11) is 0. The van der Waals surface area contributed by atoms with Gasteiger partial charge in [-0.15, -0.1) is 0 Å². The molecule has 18 heavy (non-hydrogen) atoms. The van der Waals surface area contributed by atoms with Crippen LogP contribution in [0.3, 0.4) is 0 Å². The molecule has 1 atom stereocenters. The molecule has 1 aliphatic carbocycles. The van der Waals surface area contributed by atoms with Crippen molar-refractivity contribution in [3.8, 4) is 0 Å². The lowest BCUT2D eigenvalue weighted by Crippen LogP contribution is -2.44. The summed E-state index contributed by atoms with van der Waals surface area (Å²) in [5.41, 5.74) is 0.412. The second-order valence-corrected chi connectivity index (χ2v) is 7.47. The van der Waals surface area contributed by atoms with Gasteiger partial charge in [-0.2, -0.15) is 0 Å². The third-order valence-corrected chi connectivity index (χ3v) is 5.01. The molecule has 1 aliphatic heterocycles. The highest BCUT2D eigenvalue weighted by atomic mass is 32.1. The van der Waals surface area contributed by atoms with Crippen LogP contribution in [-0.4, -0.2) is 29.1 Å². The molecule has 0 aromatic heterocycles. The molecule has 3 heteroatoms. The topological polar surface area (TPSA) is 15.3 Å². The lowest BCUT2D eigenvalue weighted by atomic mass is 9.80. The van der Waals surface area contributed by atoms with Crippen molar-refractivity contribution >= 4 is 17.3 Å². The first-order chi connectivity index (χ1) is 8.47. The SMILES string of the molecule is CC(C)(C)C1CCN(C(=S)NC2CCCCC2)C1. The zero-order chi connectivity index (χ0) is 13.2. The highest BCUT2D eigenvalue weighted by Crippen LogP contribution is 2.33. The van der Waals surface area contributed by atoms with Gasteiger partial charge in [0.05, 0.1) is 0 Å². The summed E-state index contributed by atoms with van der Waals surface area (Å²) in [5, 5.41) is 4.60. The second-order valence-electron chi connectivity index (χ2n) is 7.08. The van der Waals surface area contributed by atoms with Gasteiger partial charge in [-0.05, 0) is 42.8 Å². The Hall–Kier alpha value is -0.310. The van der Waals surface area contributed by atoms with Gasteiger partial charge in [0, 0.05) is 19.1 Å². The summed E-state index contributed by atoms with van der Waals surface area (Å²) >= 11 is 5.59. The van der Waals surface area contributed by atoms with Crippen molar-refractivity contribution < 1.29 is 0 Å². The molecule has 1 saturated heterocycles. The fourth-order valence-electron chi connectivity index (χ4n) is 3.16. The van der Waals surface area contributed by atoms with Gasteiger partial charge in [0.15, 0.2) is 5.11 Å². The molecule has 0 aromatic rings. The molecule has 0 bridgehead atoms. The summed E-state index contributed by atoms with van der Waals surface area (Å²) in [5.74, 6) is 0.781. The van der Waals surface area contributed by atoms with Crippen LogP contribution in [0.1, 0.15) is 59.3 Å². The minimum absolute atomic E-state index is 0.412. The van der Waals surface area contributed by atoms with E-state index in [4.69, 9.17) is 12.2 Å². The zero-order valence-electron chi connectivity index (χ0n) is 12.2. The van der Waals surface area contributed by atoms with Gasteiger partial charge in [0.2, 0.25) is 0 Å². The molecule has 104 valence electrons. The summed E-state index contributed by atoms with van der Waals surface area (Å²) in [6.45, 7) is 9.32. The number of hydrogen-bond acceptors (Lipinski definition) is 1. The summed E-state index contributed by atoms with van der Waals surface area (Å²) in [4.78, 5) is 2.39. The lowest BCUT2D eigenvalue weighted by molar-refractivity contribution is 0.249. The van der Waals surface area contributed by atoms with Crippen LogP contribution in [0.15, 0.2) is 0 Å². The monoisotopic (exact) mass is 268 g/mol. The van der Waals surface area contributed by atoms with E-state index in [1.54, 1.807) is 0 Å². The van der Waals surface area contributed by atoms with Crippen LogP contribution in [0.2, 0.25) is 0 Å².